The summed E-state index contributed by atoms with van der Waals surface area (Å²) in [6, 6.07) is 3.66. The van der Waals surface area contributed by atoms with Gasteiger partial charge in [-0.25, -0.2) is 0 Å². The number of hydrogen-bond acceptors (Lipinski definition) is 3. The Morgan fingerprint density at radius 3 is 2.81 bits per heavy atom. The van der Waals surface area contributed by atoms with Gasteiger partial charge >= 0.3 is 5.97 Å². The Hall–Kier alpha value is -0.870. The molecule has 0 aliphatic carbocycles. The number of aryl methyl sites for hydroxylation is 1. The normalized spacial score (nSPS) is 10.2. The second-order valence-corrected chi connectivity index (χ2v) is 4.79. The molecule has 0 aromatic heterocycles. The van der Waals surface area contributed by atoms with Gasteiger partial charge < -0.3 is 9.84 Å². The quantitative estimate of drug-likeness (QED) is 0.826. The van der Waals surface area contributed by atoms with Gasteiger partial charge in [0.1, 0.15) is 5.75 Å². The molecule has 1 N–H and O–H groups in total. The van der Waals surface area contributed by atoms with E-state index < -0.39 is 5.97 Å². The van der Waals surface area contributed by atoms with Crippen LogP contribution in [0.5, 0.6) is 5.75 Å². The molecule has 0 saturated carbocycles. The van der Waals surface area contributed by atoms with Crippen LogP contribution in [0.25, 0.3) is 0 Å². The molecule has 0 amide bonds. The monoisotopic (exact) mass is 260 g/mol. The van der Waals surface area contributed by atoms with Gasteiger partial charge in [-0.05, 0) is 24.6 Å². The van der Waals surface area contributed by atoms with E-state index in [-0.39, 0.29) is 6.42 Å². The van der Waals surface area contributed by atoms with Gasteiger partial charge in [0.05, 0.1) is 18.6 Å². The van der Waals surface area contributed by atoms with Crippen molar-refractivity contribution in [2.24, 2.45) is 0 Å². The van der Waals surface area contributed by atoms with Gasteiger partial charge in [0, 0.05) is 10.6 Å². The minimum atomic E-state index is -0.787. The third-order valence-corrected chi connectivity index (χ3v) is 3.48. The Bertz CT molecular complexity index is 393. The highest BCUT2D eigenvalue weighted by Crippen LogP contribution is 2.33. The molecule has 88 valence electrons. The van der Waals surface area contributed by atoms with Crippen LogP contribution in [0.2, 0.25) is 5.02 Å². The summed E-state index contributed by atoms with van der Waals surface area (Å²) in [5.41, 5.74) is 1.04. The van der Waals surface area contributed by atoms with Gasteiger partial charge in [0.25, 0.3) is 0 Å². The smallest absolute Gasteiger partial charge is 0.304 e. The Labute approximate surface area is 104 Å². The minimum absolute atomic E-state index is 0.147. The Morgan fingerprint density at radius 2 is 2.25 bits per heavy atom. The van der Waals surface area contributed by atoms with Crippen molar-refractivity contribution in [2.75, 3.05) is 12.9 Å². The summed E-state index contributed by atoms with van der Waals surface area (Å²) in [7, 11) is 1.57. The molecule has 1 rings (SSSR count). The average molecular weight is 261 g/mol. The number of carbonyl (C=O) groups is 1. The number of halogens is 1. The van der Waals surface area contributed by atoms with Crippen molar-refractivity contribution >= 4 is 29.3 Å². The zero-order valence-corrected chi connectivity index (χ0v) is 10.7. The fourth-order valence-electron chi connectivity index (χ4n) is 1.20. The lowest BCUT2D eigenvalue weighted by Gasteiger charge is -2.09. The van der Waals surface area contributed by atoms with E-state index in [0.717, 1.165) is 10.5 Å². The summed E-state index contributed by atoms with van der Waals surface area (Å²) < 4.78 is 5.09. The molecule has 0 aliphatic rings. The van der Waals surface area contributed by atoms with Crippen LogP contribution >= 0.6 is 23.4 Å². The summed E-state index contributed by atoms with van der Waals surface area (Å²) in [6.45, 7) is 1.95. The first-order chi connectivity index (χ1) is 7.54. The lowest BCUT2D eigenvalue weighted by molar-refractivity contribution is -0.136. The lowest BCUT2D eigenvalue weighted by Crippen LogP contribution is -1.96. The largest absolute Gasteiger partial charge is 0.495 e. The Morgan fingerprint density at radius 1 is 1.56 bits per heavy atom. The van der Waals surface area contributed by atoms with Crippen LogP contribution in [0.1, 0.15) is 12.0 Å². The highest BCUT2D eigenvalue weighted by atomic mass is 35.5. The number of ether oxygens (including phenoxy) is 1. The van der Waals surface area contributed by atoms with Crippen molar-refractivity contribution in [1.29, 1.82) is 0 Å². The first kappa shape index (κ1) is 13.2. The van der Waals surface area contributed by atoms with Crippen LogP contribution in [-0.4, -0.2) is 23.9 Å². The molecule has 0 atom stereocenters. The van der Waals surface area contributed by atoms with Crippen LogP contribution in [0.3, 0.4) is 0 Å². The summed E-state index contributed by atoms with van der Waals surface area (Å²) in [5, 5.41) is 9.09. The van der Waals surface area contributed by atoms with Crippen molar-refractivity contribution in [1.82, 2.24) is 0 Å². The second kappa shape index (κ2) is 6.01. The maximum Gasteiger partial charge on any atom is 0.304 e. The predicted molar refractivity (Wildman–Crippen MR) is 65.7 cm³/mol. The zero-order valence-electron chi connectivity index (χ0n) is 9.12. The number of rotatable bonds is 5. The van der Waals surface area contributed by atoms with Crippen molar-refractivity contribution in [2.45, 2.75) is 18.2 Å². The molecule has 1 aromatic carbocycles. The van der Waals surface area contributed by atoms with E-state index in [1.807, 2.05) is 19.1 Å². The number of carboxylic acid groups (broad SMARTS) is 1. The first-order valence-electron chi connectivity index (χ1n) is 4.73. The van der Waals surface area contributed by atoms with Crippen molar-refractivity contribution in [3.8, 4) is 5.75 Å². The lowest BCUT2D eigenvalue weighted by atomic mass is 10.2. The van der Waals surface area contributed by atoms with Gasteiger partial charge in [-0.15, -0.1) is 11.8 Å². The molecule has 0 spiro atoms. The van der Waals surface area contributed by atoms with Gasteiger partial charge in [-0.1, -0.05) is 11.6 Å². The summed E-state index contributed by atoms with van der Waals surface area (Å²) >= 11 is 7.48. The molecule has 0 bridgehead atoms. The first-order valence-corrected chi connectivity index (χ1v) is 6.09. The molecule has 0 radical (unpaired) electrons. The van der Waals surface area contributed by atoms with E-state index in [0.29, 0.717) is 16.5 Å². The molecule has 0 unspecified atom stereocenters. The summed E-state index contributed by atoms with van der Waals surface area (Å²) in [5.74, 6) is 0.394. The van der Waals surface area contributed by atoms with E-state index in [1.165, 1.54) is 11.8 Å². The highest BCUT2D eigenvalue weighted by Gasteiger charge is 2.07. The van der Waals surface area contributed by atoms with E-state index in [2.05, 4.69) is 0 Å². The fourth-order valence-corrected chi connectivity index (χ4v) is 2.49. The van der Waals surface area contributed by atoms with Crippen LogP contribution < -0.4 is 4.74 Å². The maximum atomic E-state index is 10.4. The topological polar surface area (TPSA) is 46.5 Å². The number of carboxylic acids is 1. The van der Waals surface area contributed by atoms with Gasteiger partial charge in [-0.3, -0.25) is 4.79 Å². The Balaban J connectivity index is 2.73. The van der Waals surface area contributed by atoms with Crippen LogP contribution in [0.4, 0.5) is 0 Å². The molecule has 0 saturated heterocycles. The maximum absolute atomic E-state index is 10.4. The number of aliphatic carboxylic acids is 1. The van der Waals surface area contributed by atoms with Crippen LogP contribution in [0, 0.1) is 6.92 Å². The molecule has 0 aliphatic heterocycles. The van der Waals surface area contributed by atoms with Crippen molar-refractivity contribution < 1.29 is 14.6 Å². The SMILES string of the molecule is COc1cc(C)c(SCCC(=O)O)cc1Cl. The Kier molecular flexibility index (Phi) is 4.96. The van der Waals surface area contributed by atoms with Crippen LogP contribution in [0.15, 0.2) is 17.0 Å². The van der Waals surface area contributed by atoms with E-state index in [1.54, 1.807) is 7.11 Å². The minimum Gasteiger partial charge on any atom is -0.495 e. The molecular formula is C11H13ClO3S. The van der Waals surface area contributed by atoms with Crippen LogP contribution in [-0.2, 0) is 4.79 Å². The van der Waals surface area contributed by atoms with E-state index >= 15 is 0 Å². The second-order valence-electron chi connectivity index (χ2n) is 3.24. The third kappa shape index (κ3) is 3.61. The molecule has 16 heavy (non-hydrogen) atoms. The molecule has 5 heteroatoms. The highest BCUT2D eigenvalue weighted by molar-refractivity contribution is 7.99. The molecule has 0 heterocycles. The number of hydrogen-bond donors (Lipinski definition) is 1. The number of benzene rings is 1. The number of thioether (sulfide) groups is 1. The summed E-state index contributed by atoms with van der Waals surface area (Å²) in [6.07, 6.45) is 0.147. The molecule has 3 nitrogen and oxygen atoms in total. The molecule has 1 aromatic rings. The van der Waals surface area contributed by atoms with E-state index in [9.17, 15) is 4.79 Å². The zero-order chi connectivity index (χ0) is 12.1. The summed E-state index contributed by atoms with van der Waals surface area (Å²) in [4.78, 5) is 11.4. The van der Waals surface area contributed by atoms with Crippen molar-refractivity contribution in [3.63, 3.8) is 0 Å². The van der Waals surface area contributed by atoms with Gasteiger partial charge in [0.15, 0.2) is 0 Å². The van der Waals surface area contributed by atoms with E-state index in [4.69, 9.17) is 21.4 Å². The van der Waals surface area contributed by atoms with Gasteiger partial charge in [-0.2, -0.15) is 0 Å². The predicted octanol–water partition coefficient (Wildman–Crippen LogP) is 3.22. The average Bonchev–Trinajstić information content (AvgIpc) is 2.22. The molecule has 0 fully saturated rings. The standard InChI is InChI=1S/C11H13ClO3S/c1-7-5-9(15-2)8(12)6-10(7)16-4-3-11(13)14/h5-6H,3-4H2,1-2H3,(H,13,14). The third-order valence-electron chi connectivity index (χ3n) is 2.02. The van der Waals surface area contributed by atoms with Gasteiger partial charge in [0.2, 0.25) is 0 Å². The molecular weight excluding hydrogens is 248 g/mol. The number of methoxy groups -OCH3 is 1. The van der Waals surface area contributed by atoms with Crippen molar-refractivity contribution in [3.05, 3.63) is 22.7 Å². The fraction of sp³-hybridized carbons (Fsp3) is 0.364.